The summed E-state index contributed by atoms with van der Waals surface area (Å²) in [5.41, 5.74) is 1.82. The van der Waals surface area contributed by atoms with Gasteiger partial charge in [0.25, 0.3) is 5.91 Å². The van der Waals surface area contributed by atoms with Gasteiger partial charge in [-0.15, -0.1) is 0 Å². The van der Waals surface area contributed by atoms with E-state index in [2.05, 4.69) is 4.90 Å². The number of hydrogen-bond acceptors (Lipinski definition) is 3. The van der Waals surface area contributed by atoms with Crippen LogP contribution in [-0.4, -0.2) is 43.6 Å². The second kappa shape index (κ2) is 7.58. The molecule has 0 aromatic heterocycles. The van der Waals surface area contributed by atoms with Gasteiger partial charge in [-0.1, -0.05) is 17.7 Å². The van der Waals surface area contributed by atoms with Gasteiger partial charge in [0.2, 0.25) is 0 Å². The highest BCUT2D eigenvalue weighted by atomic mass is 35.5. The Labute approximate surface area is 147 Å². The van der Waals surface area contributed by atoms with Crippen LogP contribution in [0.15, 0.2) is 48.5 Å². The summed E-state index contributed by atoms with van der Waals surface area (Å²) in [6.45, 7) is 5.58. The van der Waals surface area contributed by atoms with E-state index < -0.39 is 0 Å². The summed E-state index contributed by atoms with van der Waals surface area (Å²) < 4.78 is 5.48. The lowest BCUT2D eigenvalue weighted by Crippen LogP contribution is -2.48. The fourth-order valence-electron chi connectivity index (χ4n) is 2.89. The Morgan fingerprint density at radius 3 is 2.46 bits per heavy atom. The van der Waals surface area contributed by atoms with Crippen LogP contribution in [0.5, 0.6) is 5.75 Å². The predicted molar refractivity (Wildman–Crippen MR) is 97.2 cm³/mol. The molecule has 0 saturated carbocycles. The third-order valence-electron chi connectivity index (χ3n) is 4.15. The number of rotatable bonds is 4. The van der Waals surface area contributed by atoms with Crippen LogP contribution < -0.4 is 9.64 Å². The molecular formula is C19H21ClN2O2. The molecule has 2 aromatic rings. The number of piperazine rings is 1. The fraction of sp³-hybridized carbons (Fsp3) is 0.316. The van der Waals surface area contributed by atoms with Gasteiger partial charge in [-0.2, -0.15) is 0 Å². The molecule has 5 heteroatoms. The zero-order valence-electron chi connectivity index (χ0n) is 13.7. The number of ether oxygens (including phenoxy) is 1. The molecular weight excluding hydrogens is 324 g/mol. The van der Waals surface area contributed by atoms with Crippen LogP contribution in [0.4, 0.5) is 5.69 Å². The minimum absolute atomic E-state index is 0.0623. The van der Waals surface area contributed by atoms with Crippen molar-refractivity contribution in [2.24, 2.45) is 0 Å². The molecule has 3 rings (SSSR count). The van der Waals surface area contributed by atoms with Gasteiger partial charge in [0, 0.05) is 42.5 Å². The highest BCUT2D eigenvalue weighted by molar-refractivity contribution is 6.30. The van der Waals surface area contributed by atoms with E-state index in [4.69, 9.17) is 16.3 Å². The second-order valence-electron chi connectivity index (χ2n) is 5.72. The van der Waals surface area contributed by atoms with Crippen LogP contribution in [-0.2, 0) is 0 Å². The van der Waals surface area contributed by atoms with Crippen molar-refractivity contribution in [3.63, 3.8) is 0 Å². The van der Waals surface area contributed by atoms with Gasteiger partial charge < -0.3 is 14.5 Å². The van der Waals surface area contributed by atoms with Gasteiger partial charge in [-0.05, 0) is 49.4 Å². The van der Waals surface area contributed by atoms with Crippen LogP contribution in [0.25, 0.3) is 0 Å². The molecule has 0 bridgehead atoms. The first-order chi connectivity index (χ1) is 11.7. The maximum absolute atomic E-state index is 12.7. The van der Waals surface area contributed by atoms with Gasteiger partial charge in [0.1, 0.15) is 5.75 Å². The van der Waals surface area contributed by atoms with E-state index in [1.54, 1.807) is 0 Å². The van der Waals surface area contributed by atoms with Crippen LogP contribution in [0, 0.1) is 0 Å². The number of amides is 1. The van der Waals surface area contributed by atoms with E-state index in [1.165, 1.54) is 0 Å². The van der Waals surface area contributed by atoms with Crippen molar-refractivity contribution < 1.29 is 9.53 Å². The Hall–Kier alpha value is -2.20. The first-order valence-corrected chi connectivity index (χ1v) is 8.58. The first kappa shape index (κ1) is 16.7. The van der Waals surface area contributed by atoms with Crippen molar-refractivity contribution in [3.05, 3.63) is 59.1 Å². The molecule has 2 aromatic carbocycles. The number of anilines is 1. The highest BCUT2D eigenvalue weighted by Crippen LogP contribution is 2.21. The average molecular weight is 345 g/mol. The third-order valence-corrected chi connectivity index (χ3v) is 4.40. The molecule has 0 spiro atoms. The van der Waals surface area contributed by atoms with E-state index in [0.29, 0.717) is 25.3 Å². The molecule has 1 fully saturated rings. The molecule has 1 saturated heterocycles. The number of hydrogen-bond donors (Lipinski definition) is 0. The Balaban J connectivity index is 1.62. The SMILES string of the molecule is CCOc1cccc(C(=O)N2CCN(c3ccc(Cl)cc3)CC2)c1. The Kier molecular flexibility index (Phi) is 5.26. The molecule has 1 aliphatic heterocycles. The van der Waals surface area contributed by atoms with Gasteiger partial charge in [0.05, 0.1) is 6.61 Å². The smallest absolute Gasteiger partial charge is 0.254 e. The number of carbonyl (C=O) groups excluding carboxylic acids is 1. The van der Waals surface area contributed by atoms with Gasteiger partial charge in [-0.3, -0.25) is 4.79 Å². The van der Waals surface area contributed by atoms with Crippen LogP contribution >= 0.6 is 11.6 Å². The highest BCUT2D eigenvalue weighted by Gasteiger charge is 2.22. The minimum Gasteiger partial charge on any atom is -0.494 e. The quantitative estimate of drug-likeness (QED) is 0.847. The Morgan fingerprint density at radius 1 is 1.08 bits per heavy atom. The zero-order valence-corrected chi connectivity index (χ0v) is 14.5. The number of carbonyl (C=O) groups is 1. The topological polar surface area (TPSA) is 32.8 Å². The third kappa shape index (κ3) is 3.82. The van der Waals surface area contributed by atoms with Crippen LogP contribution in [0.3, 0.4) is 0 Å². The van der Waals surface area contributed by atoms with E-state index >= 15 is 0 Å². The van der Waals surface area contributed by atoms with Gasteiger partial charge >= 0.3 is 0 Å². The molecule has 4 nitrogen and oxygen atoms in total. The van der Waals surface area contributed by atoms with Crippen molar-refractivity contribution >= 4 is 23.2 Å². The lowest BCUT2D eigenvalue weighted by molar-refractivity contribution is 0.0746. The molecule has 0 N–H and O–H groups in total. The minimum atomic E-state index is 0.0623. The van der Waals surface area contributed by atoms with Crippen molar-refractivity contribution in [3.8, 4) is 5.75 Å². The molecule has 0 unspecified atom stereocenters. The average Bonchev–Trinajstić information content (AvgIpc) is 2.62. The molecule has 1 heterocycles. The summed E-state index contributed by atoms with van der Waals surface area (Å²) in [7, 11) is 0. The summed E-state index contributed by atoms with van der Waals surface area (Å²) in [6, 6.07) is 15.2. The maximum atomic E-state index is 12.7. The van der Waals surface area contributed by atoms with Crippen molar-refractivity contribution in [1.29, 1.82) is 0 Å². The normalized spacial score (nSPS) is 14.6. The van der Waals surface area contributed by atoms with E-state index in [1.807, 2.05) is 60.4 Å². The van der Waals surface area contributed by atoms with Crippen LogP contribution in [0.1, 0.15) is 17.3 Å². The lowest BCUT2D eigenvalue weighted by atomic mass is 10.1. The van der Waals surface area contributed by atoms with E-state index in [0.717, 1.165) is 29.5 Å². The van der Waals surface area contributed by atoms with Crippen molar-refractivity contribution in [2.75, 3.05) is 37.7 Å². The Bertz CT molecular complexity index is 695. The summed E-state index contributed by atoms with van der Waals surface area (Å²) in [4.78, 5) is 16.9. The zero-order chi connectivity index (χ0) is 16.9. The predicted octanol–water partition coefficient (Wildman–Crippen LogP) is 3.70. The summed E-state index contributed by atoms with van der Waals surface area (Å²) in [5.74, 6) is 0.801. The van der Waals surface area contributed by atoms with Crippen molar-refractivity contribution in [1.82, 2.24) is 4.90 Å². The maximum Gasteiger partial charge on any atom is 0.254 e. The molecule has 0 radical (unpaired) electrons. The molecule has 24 heavy (non-hydrogen) atoms. The molecule has 126 valence electrons. The fourth-order valence-corrected chi connectivity index (χ4v) is 3.01. The molecule has 0 atom stereocenters. The van der Waals surface area contributed by atoms with Gasteiger partial charge in [-0.25, -0.2) is 0 Å². The number of nitrogens with zero attached hydrogens (tertiary/aromatic N) is 2. The lowest BCUT2D eigenvalue weighted by Gasteiger charge is -2.36. The monoisotopic (exact) mass is 344 g/mol. The standard InChI is InChI=1S/C19H21ClN2O2/c1-2-24-18-5-3-4-15(14-18)19(23)22-12-10-21(11-13-22)17-8-6-16(20)7-9-17/h3-9,14H,2,10-13H2,1H3. The summed E-state index contributed by atoms with van der Waals surface area (Å²) >= 11 is 5.94. The van der Waals surface area contributed by atoms with E-state index in [9.17, 15) is 4.79 Å². The summed E-state index contributed by atoms with van der Waals surface area (Å²) in [6.07, 6.45) is 0. The largest absolute Gasteiger partial charge is 0.494 e. The number of halogens is 1. The Morgan fingerprint density at radius 2 is 1.79 bits per heavy atom. The number of benzene rings is 2. The molecule has 1 amide bonds. The molecule has 0 aliphatic carbocycles. The van der Waals surface area contributed by atoms with Crippen LogP contribution in [0.2, 0.25) is 5.02 Å². The first-order valence-electron chi connectivity index (χ1n) is 8.20. The molecule has 1 aliphatic rings. The summed E-state index contributed by atoms with van der Waals surface area (Å²) in [5, 5.41) is 0.738. The second-order valence-corrected chi connectivity index (χ2v) is 6.15. The van der Waals surface area contributed by atoms with Crippen molar-refractivity contribution in [2.45, 2.75) is 6.92 Å². The van der Waals surface area contributed by atoms with E-state index in [-0.39, 0.29) is 5.91 Å². The van der Waals surface area contributed by atoms with Gasteiger partial charge in [0.15, 0.2) is 0 Å².